The first-order valence-electron chi connectivity index (χ1n) is 7.68. The van der Waals surface area contributed by atoms with Gasteiger partial charge in [0.25, 0.3) is 0 Å². The summed E-state index contributed by atoms with van der Waals surface area (Å²) in [6, 6.07) is 0.184. The van der Waals surface area contributed by atoms with Crippen molar-refractivity contribution in [3.8, 4) is 0 Å². The molecule has 4 nitrogen and oxygen atoms in total. The van der Waals surface area contributed by atoms with Crippen LogP contribution < -0.4 is 5.73 Å². The van der Waals surface area contributed by atoms with E-state index in [0.717, 1.165) is 19.5 Å². The highest BCUT2D eigenvalue weighted by atomic mass is 16.2. The van der Waals surface area contributed by atoms with E-state index in [9.17, 15) is 4.79 Å². The molecule has 4 heteroatoms. The maximum atomic E-state index is 12.4. The molecule has 2 aliphatic heterocycles. The van der Waals surface area contributed by atoms with Gasteiger partial charge in [0.15, 0.2) is 0 Å². The molecule has 2 aliphatic rings. The first-order valence-corrected chi connectivity index (χ1v) is 7.68. The summed E-state index contributed by atoms with van der Waals surface area (Å²) in [6.07, 6.45) is 5.10. The molecule has 0 aromatic rings. The van der Waals surface area contributed by atoms with E-state index in [1.807, 2.05) is 25.7 Å². The van der Waals surface area contributed by atoms with Crippen molar-refractivity contribution in [1.82, 2.24) is 9.80 Å². The Hall–Kier alpha value is -0.610. The number of hydrogen-bond donors (Lipinski definition) is 1. The Morgan fingerprint density at radius 3 is 2.37 bits per heavy atom. The molecule has 2 saturated heterocycles. The minimum absolute atomic E-state index is 0.131. The van der Waals surface area contributed by atoms with E-state index in [2.05, 4.69) is 4.90 Å². The second kappa shape index (κ2) is 5.80. The van der Waals surface area contributed by atoms with Crippen molar-refractivity contribution in [2.75, 3.05) is 26.2 Å². The third kappa shape index (κ3) is 3.48. The van der Waals surface area contributed by atoms with Gasteiger partial charge in [0.1, 0.15) is 0 Å². The van der Waals surface area contributed by atoms with E-state index in [1.165, 1.54) is 32.4 Å². The topological polar surface area (TPSA) is 49.6 Å². The first kappa shape index (κ1) is 14.8. The van der Waals surface area contributed by atoms with Crippen molar-refractivity contribution < 1.29 is 4.79 Å². The number of amides is 1. The van der Waals surface area contributed by atoms with Crippen LogP contribution in [0.5, 0.6) is 0 Å². The summed E-state index contributed by atoms with van der Waals surface area (Å²) in [4.78, 5) is 17.0. The van der Waals surface area contributed by atoms with Gasteiger partial charge in [-0.15, -0.1) is 0 Å². The van der Waals surface area contributed by atoms with Gasteiger partial charge in [-0.1, -0.05) is 27.2 Å². The molecule has 2 fully saturated rings. The summed E-state index contributed by atoms with van der Waals surface area (Å²) in [7, 11) is 0. The summed E-state index contributed by atoms with van der Waals surface area (Å²) in [5.41, 5.74) is 5.94. The number of nitrogens with zero attached hydrogens (tertiary/aromatic N) is 2. The van der Waals surface area contributed by atoms with Crippen molar-refractivity contribution in [3.63, 3.8) is 0 Å². The Morgan fingerprint density at radius 2 is 1.79 bits per heavy atom. The Balaban J connectivity index is 1.89. The number of hydrogen-bond acceptors (Lipinski definition) is 3. The summed E-state index contributed by atoms with van der Waals surface area (Å²) >= 11 is 0. The highest BCUT2D eigenvalue weighted by Gasteiger charge is 2.36. The van der Waals surface area contributed by atoms with Crippen LogP contribution in [0, 0.1) is 5.41 Å². The van der Waals surface area contributed by atoms with Gasteiger partial charge in [-0.2, -0.15) is 0 Å². The highest BCUT2D eigenvalue weighted by molar-refractivity contribution is 5.82. The molecule has 0 saturated carbocycles. The van der Waals surface area contributed by atoms with Crippen molar-refractivity contribution in [2.45, 2.75) is 58.5 Å². The minimum atomic E-state index is -0.382. The SMILES string of the molecule is CC(C)(C)C(N)C(=O)N1CCC(N2CCCCC2)C1. The molecular weight excluding hydrogens is 238 g/mol. The second-order valence-corrected chi connectivity index (χ2v) is 7.17. The molecule has 2 atom stereocenters. The summed E-state index contributed by atoms with van der Waals surface area (Å²) in [6.45, 7) is 10.3. The molecule has 0 spiro atoms. The molecular formula is C15H29N3O. The van der Waals surface area contributed by atoms with Gasteiger partial charge in [0.2, 0.25) is 5.91 Å². The molecule has 0 aromatic heterocycles. The zero-order valence-electron chi connectivity index (χ0n) is 12.7. The van der Waals surface area contributed by atoms with Crippen molar-refractivity contribution in [1.29, 1.82) is 0 Å². The Bertz CT molecular complexity index is 318. The molecule has 2 N–H and O–H groups in total. The van der Waals surface area contributed by atoms with E-state index in [1.54, 1.807) is 0 Å². The van der Waals surface area contributed by atoms with Crippen LogP contribution in [-0.2, 0) is 4.79 Å². The quantitative estimate of drug-likeness (QED) is 0.824. The van der Waals surface area contributed by atoms with Crippen molar-refractivity contribution in [2.24, 2.45) is 11.1 Å². The lowest BCUT2D eigenvalue weighted by Crippen LogP contribution is -2.50. The number of piperidine rings is 1. The highest BCUT2D eigenvalue weighted by Crippen LogP contribution is 2.24. The molecule has 0 radical (unpaired) electrons. The Morgan fingerprint density at radius 1 is 1.16 bits per heavy atom. The van der Waals surface area contributed by atoms with Crippen LogP contribution in [0.15, 0.2) is 0 Å². The molecule has 2 rings (SSSR count). The Labute approximate surface area is 117 Å². The maximum Gasteiger partial charge on any atom is 0.240 e. The van der Waals surface area contributed by atoms with E-state index < -0.39 is 0 Å². The van der Waals surface area contributed by atoms with E-state index in [4.69, 9.17) is 5.73 Å². The average molecular weight is 267 g/mol. The molecule has 0 aliphatic carbocycles. The maximum absolute atomic E-state index is 12.4. The number of likely N-dealkylation sites (tertiary alicyclic amines) is 2. The fraction of sp³-hybridized carbons (Fsp3) is 0.933. The van der Waals surface area contributed by atoms with Crippen LogP contribution in [0.1, 0.15) is 46.5 Å². The minimum Gasteiger partial charge on any atom is -0.340 e. The lowest BCUT2D eigenvalue weighted by molar-refractivity contribution is -0.134. The normalized spacial score (nSPS) is 27.6. The van der Waals surface area contributed by atoms with Crippen LogP contribution in [0.25, 0.3) is 0 Å². The van der Waals surface area contributed by atoms with Crippen LogP contribution in [0.4, 0.5) is 0 Å². The monoisotopic (exact) mass is 267 g/mol. The molecule has 0 aromatic carbocycles. The summed E-state index contributed by atoms with van der Waals surface area (Å²) in [5.74, 6) is 0.131. The smallest absolute Gasteiger partial charge is 0.240 e. The van der Waals surface area contributed by atoms with E-state index >= 15 is 0 Å². The number of nitrogens with two attached hydrogens (primary N) is 1. The lowest BCUT2D eigenvalue weighted by Gasteiger charge is -2.33. The third-order valence-corrected chi connectivity index (χ3v) is 4.58. The van der Waals surface area contributed by atoms with Crippen molar-refractivity contribution in [3.05, 3.63) is 0 Å². The first-order chi connectivity index (χ1) is 8.89. The third-order valence-electron chi connectivity index (χ3n) is 4.58. The van der Waals surface area contributed by atoms with Crippen LogP contribution in [0.3, 0.4) is 0 Å². The molecule has 2 unspecified atom stereocenters. The Kier molecular flexibility index (Phi) is 4.51. The molecule has 0 bridgehead atoms. The zero-order valence-corrected chi connectivity index (χ0v) is 12.7. The van der Waals surface area contributed by atoms with Gasteiger partial charge >= 0.3 is 0 Å². The molecule has 2 heterocycles. The average Bonchev–Trinajstić information content (AvgIpc) is 2.86. The fourth-order valence-corrected chi connectivity index (χ4v) is 3.09. The van der Waals surface area contributed by atoms with E-state index in [-0.39, 0.29) is 17.4 Å². The standard InChI is InChI=1S/C15H29N3O/c1-15(2,3)13(16)14(19)18-10-7-12(11-18)17-8-5-4-6-9-17/h12-13H,4-11,16H2,1-3H3. The number of carbonyl (C=O) groups is 1. The van der Waals surface area contributed by atoms with Gasteiger partial charge in [-0.3, -0.25) is 9.69 Å². The largest absolute Gasteiger partial charge is 0.340 e. The van der Waals surface area contributed by atoms with Gasteiger partial charge < -0.3 is 10.6 Å². The number of rotatable bonds is 2. The van der Waals surface area contributed by atoms with Crippen LogP contribution >= 0.6 is 0 Å². The molecule has 19 heavy (non-hydrogen) atoms. The summed E-state index contributed by atoms with van der Waals surface area (Å²) < 4.78 is 0. The lowest BCUT2D eigenvalue weighted by atomic mass is 9.86. The summed E-state index contributed by atoms with van der Waals surface area (Å²) in [5, 5.41) is 0. The van der Waals surface area contributed by atoms with Gasteiger partial charge in [0.05, 0.1) is 6.04 Å². The zero-order chi connectivity index (χ0) is 14.0. The number of carbonyl (C=O) groups excluding carboxylic acids is 1. The van der Waals surface area contributed by atoms with Gasteiger partial charge in [-0.05, 0) is 37.8 Å². The second-order valence-electron chi connectivity index (χ2n) is 7.17. The van der Waals surface area contributed by atoms with E-state index in [0.29, 0.717) is 6.04 Å². The molecule has 110 valence electrons. The predicted octanol–water partition coefficient (Wildman–Crippen LogP) is 1.45. The van der Waals surface area contributed by atoms with Gasteiger partial charge in [-0.25, -0.2) is 0 Å². The van der Waals surface area contributed by atoms with Crippen LogP contribution in [0.2, 0.25) is 0 Å². The fourth-order valence-electron chi connectivity index (χ4n) is 3.09. The van der Waals surface area contributed by atoms with Crippen LogP contribution in [-0.4, -0.2) is 54.0 Å². The van der Waals surface area contributed by atoms with Crippen molar-refractivity contribution >= 4 is 5.91 Å². The molecule has 1 amide bonds. The van der Waals surface area contributed by atoms with Gasteiger partial charge in [0, 0.05) is 19.1 Å². The predicted molar refractivity (Wildman–Crippen MR) is 77.8 cm³/mol.